The fraction of sp³-hybridized carbons (Fsp3) is 0.500. The predicted molar refractivity (Wildman–Crippen MR) is 81.2 cm³/mol. The summed E-state index contributed by atoms with van der Waals surface area (Å²) in [6.45, 7) is 1.42. The topological polar surface area (TPSA) is 52.7 Å². The second-order valence-corrected chi connectivity index (χ2v) is 6.20. The van der Waals surface area contributed by atoms with E-state index >= 15 is 0 Å². The molecule has 5 heteroatoms. The number of rotatable bonds is 4. The normalized spacial score (nSPS) is 26.4. The van der Waals surface area contributed by atoms with Crippen LogP contribution < -0.4 is 10.2 Å². The zero-order chi connectivity index (χ0) is 15.2. The van der Waals surface area contributed by atoms with Crippen LogP contribution in [0.3, 0.4) is 0 Å². The van der Waals surface area contributed by atoms with Crippen LogP contribution in [-0.4, -0.2) is 50.9 Å². The minimum atomic E-state index is -0.604. The van der Waals surface area contributed by atoms with Crippen molar-refractivity contribution in [2.24, 2.45) is 5.92 Å². The summed E-state index contributed by atoms with van der Waals surface area (Å²) in [5, 5.41) is 2.94. The van der Waals surface area contributed by atoms with E-state index in [1.54, 1.807) is 11.9 Å². The number of carbonyl (C=O) groups excluding carboxylic acids is 2. The number of amides is 2. The number of nitrogens with zero attached hydrogens (tertiary/aromatic N) is 2. The highest BCUT2D eigenvalue weighted by Gasteiger charge is 2.68. The van der Waals surface area contributed by atoms with Gasteiger partial charge >= 0.3 is 0 Å². The number of para-hydroxylation sites is 1. The second-order valence-electron chi connectivity index (χ2n) is 6.20. The van der Waals surface area contributed by atoms with Crippen LogP contribution >= 0.6 is 0 Å². The molecular formula is C16H21N3O2. The molecule has 1 heterocycles. The third-order valence-electron chi connectivity index (χ3n) is 4.57. The maximum absolute atomic E-state index is 12.6. The van der Waals surface area contributed by atoms with E-state index in [-0.39, 0.29) is 17.7 Å². The van der Waals surface area contributed by atoms with Gasteiger partial charge in [0.1, 0.15) is 0 Å². The van der Waals surface area contributed by atoms with E-state index in [1.165, 1.54) is 0 Å². The van der Waals surface area contributed by atoms with E-state index in [4.69, 9.17) is 0 Å². The van der Waals surface area contributed by atoms with Crippen LogP contribution in [0.25, 0.3) is 0 Å². The molecule has 0 saturated heterocycles. The SMILES string of the molecule is CN(C)CCNC(=O)C1CC12C(=O)N(C)c1ccccc12. The van der Waals surface area contributed by atoms with Crippen LogP contribution in [0.15, 0.2) is 24.3 Å². The number of nitrogens with one attached hydrogen (secondary N) is 1. The lowest BCUT2D eigenvalue weighted by Crippen LogP contribution is -2.36. The molecule has 21 heavy (non-hydrogen) atoms. The summed E-state index contributed by atoms with van der Waals surface area (Å²) in [6.07, 6.45) is 0.626. The Bertz CT molecular complexity index is 599. The quantitative estimate of drug-likeness (QED) is 0.882. The minimum Gasteiger partial charge on any atom is -0.355 e. The number of carbonyl (C=O) groups is 2. The molecule has 5 nitrogen and oxygen atoms in total. The highest BCUT2D eigenvalue weighted by molar-refractivity contribution is 6.13. The summed E-state index contributed by atoms with van der Waals surface area (Å²) in [6, 6.07) is 7.79. The summed E-state index contributed by atoms with van der Waals surface area (Å²) >= 11 is 0. The maximum Gasteiger partial charge on any atom is 0.238 e. The molecule has 3 rings (SSSR count). The first-order valence-electron chi connectivity index (χ1n) is 7.28. The summed E-state index contributed by atoms with van der Waals surface area (Å²) < 4.78 is 0. The smallest absolute Gasteiger partial charge is 0.238 e. The molecule has 1 aliphatic carbocycles. The first kappa shape index (κ1) is 14.1. The van der Waals surface area contributed by atoms with Gasteiger partial charge in [-0.2, -0.15) is 0 Å². The van der Waals surface area contributed by atoms with Gasteiger partial charge in [0.15, 0.2) is 0 Å². The molecule has 112 valence electrons. The molecule has 1 saturated carbocycles. The molecular weight excluding hydrogens is 266 g/mol. The Morgan fingerprint density at radius 1 is 1.43 bits per heavy atom. The van der Waals surface area contributed by atoms with Crippen LogP contribution in [0, 0.1) is 5.92 Å². The first-order chi connectivity index (χ1) is 9.98. The van der Waals surface area contributed by atoms with Gasteiger partial charge in [0, 0.05) is 25.8 Å². The largest absolute Gasteiger partial charge is 0.355 e. The first-order valence-corrected chi connectivity index (χ1v) is 7.28. The Labute approximate surface area is 124 Å². The maximum atomic E-state index is 12.6. The van der Waals surface area contributed by atoms with Crippen molar-refractivity contribution in [1.29, 1.82) is 0 Å². The van der Waals surface area contributed by atoms with Crippen molar-refractivity contribution in [2.45, 2.75) is 11.8 Å². The number of anilines is 1. The van der Waals surface area contributed by atoms with Gasteiger partial charge in [0.05, 0.1) is 11.3 Å². The molecule has 1 N–H and O–H groups in total. The molecule has 1 fully saturated rings. The molecule has 2 aliphatic rings. The average Bonchev–Trinajstić information content (AvgIpc) is 3.17. The van der Waals surface area contributed by atoms with Crippen LogP contribution in [-0.2, 0) is 15.0 Å². The van der Waals surface area contributed by atoms with Gasteiger partial charge in [-0.1, -0.05) is 18.2 Å². The molecule has 2 unspecified atom stereocenters. The Kier molecular flexibility index (Phi) is 3.24. The Balaban J connectivity index is 1.76. The van der Waals surface area contributed by atoms with Crippen molar-refractivity contribution < 1.29 is 9.59 Å². The fourth-order valence-electron chi connectivity index (χ4n) is 3.31. The van der Waals surface area contributed by atoms with E-state index < -0.39 is 5.41 Å². The highest BCUT2D eigenvalue weighted by atomic mass is 16.2. The van der Waals surface area contributed by atoms with Crippen LogP contribution in [0.4, 0.5) is 5.69 Å². The van der Waals surface area contributed by atoms with Crippen molar-refractivity contribution in [1.82, 2.24) is 10.2 Å². The van der Waals surface area contributed by atoms with Gasteiger partial charge in [-0.3, -0.25) is 9.59 Å². The Morgan fingerprint density at radius 2 is 2.14 bits per heavy atom. The standard InChI is InChI=1S/C16H21N3O2/c1-18(2)9-8-17-14(20)12-10-16(12)11-6-4-5-7-13(11)19(3)15(16)21/h4-7,12H,8-10H2,1-3H3,(H,17,20). The third kappa shape index (κ3) is 2.03. The van der Waals surface area contributed by atoms with Gasteiger partial charge in [-0.15, -0.1) is 0 Å². The number of likely N-dealkylation sites (N-methyl/N-ethyl adjacent to an activating group) is 2. The molecule has 1 spiro atoms. The second kappa shape index (κ2) is 4.84. The van der Waals surface area contributed by atoms with Gasteiger partial charge in [0.2, 0.25) is 11.8 Å². The Hall–Kier alpha value is -1.88. The van der Waals surface area contributed by atoms with Crippen molar-refractivity contribution in [3.8, 4) is 0 Å². The summed E-state index contributed by atoms with van der Waals surface area (Å²) in [5.41, 5.74) is 1.34. The fourth-order valence-corrected chi connectivity index (χ4v) is 3.31. The molecule has 0 bridgehead atoms. The van der Waals surface area contributed by atoms with Crippen molar-refractivity contribution in [3.05, 3.63) is 29.8 Å². The van der Waals surface area contributed by atoms with E-state index in [2.05, 4.69) is 5.32 Å². The predicted octanol–water partition coefficient (Wildman–Crippen LogP) is 0.599. The molecule has 2 amide bonds. The van der Waals surface area contributed by atoms with Crippen molar-refractivity contribution in [3.63, 3.8) is 0 Å². The zero-order valence-electron chi connectivity index (χ0n) is 12.7. The van der Waals surface area contributed by atoms with Crippen molar-refractivity contribution >= 4 is 17.5 Å². The lowest BCUT2D eigenvalue weighted by atomic mass is 9.94. The van der Waals surface area contributed by atoms with Crippen LogP contribution in [0.1, 0.15) is 12.0 Å². The molecule has 0 aromatic heterocycles. The lowest BCUT2D eigenvalue weighted by Gasteiger charge is -2.13. The van der Waals surface area contributed by atoms with Gasteiger partial charge in [0.25, 0.3) is 0 Å². The van der Waals surface area contributed by atoms with E-state index in [0.717, 1.165) is 17.8 Å². The zero-order valence-corrected chi connectivity index (χ0v) is 12.7. The van der Waals surface area contributed by atoms with Crippen LogP contribution in [0.2, 0.25) is 0 Å². The van der Waals surface area contributed by atoms with Gasteiger partial charge in [-0.25, -0.2) is 0 Å². The van der Waals surface area contributed by atoms with Crippen LogP contribution in [0.5, 0.6) is 0 Å². The van der Waals surface area contributed by atoms with E-state index in [0.29, 0.717) is 13.0 Å². The summed E-state index contributed by atoms with van der Waals surface area (Å²) in [7, 11) is 5.72. The monoisotopic (exact) mass is 287 g/mol. The lowest BCUT2D eigenvalue weighted by molar-refractivity contribution is -0.126. The minimum absolute atomic E-state index is 0.00435. The highest BCUT2D eigenvalue weighted by Crippen LogP contribution is 2.61. The molecule has 1 aromatic carbocycles. The third-order valence-corrected chi connectivity index (χ3v) is 4.57. The number of fused-ring (bicyclic) bond motifs is 2. The molecule has 2 atom stereocenters. The average molecular weight is 287 g/mol. The molecule has 1 aromatic rings. The Morgan fingerprint density at radius 3 is 2.86 bits per heavy atom. The van der Waals surface area contributed by atoms with E-state index in [1.807, 2.05) is 43.3 Å². The summed E-state index contributed by atoms with van der Waals surface area (Å²) in [4.78, 5) is 28.6. The van der Waals surface area contributed by atoms with Crippen molar-refractivity contribution in [2.75, 3.05) is 39.1 Å². The van der Waals surface area contributed by atoms with Gasteiger partial charge in [-0.05, 0) is 32.1 Å². The van der Waals surface area contributed by atoms with Gasteiger partial charge < -0.3 is 15.1 Å². The summed E-state index contributed by atoms with van der Waals surface area (Å²) in [5.74, 6) is -0.176. The molecule has 0 radical (unpaired) electrons. The number of hydrogen-bond acceptors (Lipinski definition) is 3. The number of benzene rings is 1. The molecule has 1 aliphatic heterocycles. The van der Waals surface area contributed by atoms with E-state index in [9.17, 15) is 9.59 Å². The number of hydrogen-bond donors (Lipinski definition) is 1.